The smallest absolute Gasteiger partial charge is 0.239 e. The van der Waals surface area contributed by atoms with E-state index in [-0.39, 0.29) is 0 Å². The number of pyridine rings is 1. The predicted molar refractivity (Wildman–Crippen MR) is 82.8 cm³/mol. The predicted octanol–water partition coefficient (Wildman–Crippen LogP) is 3.31. The molecule has 2 aromatic rings. The van der Waals surface area contributed by atoms with Gasteiger partial charge in [0.15, 0.2) is 0 Å². The molecule has 2 rings (SSSR count). The SMILES string of the molecule is CC(C)COc1nc(NCc2ccccc2)ccc1N. The molecule has 4 nitrogen and oxygen atoms in total. The normalized spacial score (nSPS) is 10.6. The molecule has 0 fully saturated rings. The van der Waals surface area contributed by atoms with Gasteiger partial charge in [-0.25, -0.2) is 0 Å². The summed E-state index contributed by atoms with van der Waals surface area (Å²) in [6.07, 6.45) is 0. The van der Waals surface area contributed by atoms with Gasteiger partial charge < -0.3 is 15.8 Å². The lowest BCUT2D eigenvalue weighted by Gasteiger charge is -2.12. The van der Waals surface area contributed by atoms with Crippen molar-refractivity contribution in [2.24, 2.45) is 5.92 Å². The van der Waals surface area contributed by atoms with Crippen LogP contribution in [0, 0.1) is 5.92 Å². The van der Waals surface area contributed by atoms with Gasteiger partial charge in [0.05, 0.1) is 12.3 Å². The van der Waals surface area contributed by atoms with Crippen LogP contribution in [0.25, 0.3) is 0 Å². The average molecular weight is 271 g/mol. The van der Waals surface area contributed by atoms with Gasteiger partial charge in [-0.05, 0) is 23.6 Å². The molecule has 0 amide bonds. The summed E-state index contributed by atoms with van der Waals surface area (Å²) < 4.78 is 5.61. The first-order valence-electron chi connectivity index (χ1n) is 6.82. The van der Waals surface area contributed by atoms with Crippen molar-refractivity contribution < 1.29 is 4.74 Å². The fourth-order valence-electron chi connectivity index (χ4n) is 1.70. The lowest BCUT2D eigenvalue weighted by atomic mass is 10.2. The number of hydrogen-bond donors (Lipinski definition) is 2. The van der Waals surface area contributed by atoms with Gasteiger partial charge in [0.2, 0.25) is 5.88 Å². The molecule has 0 bridgehead atoms. The molecule has 0 aliphatic carbocycles. The molecular formula is C16H21N3O. The van der Waals surface area contributed by atoms with Crippen LogP contribution in [-0.2, 0) is 6.54 Å². The Kier molecular flexibility index (Phi) is 4.82. The van der Waals surface area contributed by atoms with Gasteiger partial charge in [-0.15, -0.1) is 0 Å². The molecular weight excluding hydrogens is 250 g/mol. The summed E-state index contributed by atoms with van der Waals surface area (Å²) in [6.45, 7) is 5.52. The van der Waals surface area contributed by atoms with Gasteiger partial charge in [-0.3, -0.25) is 0 Å². The van der Waals surface area contributed by atoms with E-state index < -0.39 is 0 Å². The minimum absolute atomic E-state index is 0.442. The topological polar surface area (TPSA) is 60.2 Å². The van der Waals surface area contributed by atoms with E-state index in [1.165, 1.54) is 5.56 Å². The highest BCUT2D eigenvalue weighted by molar-refractivity contribution is 5.53. The summed E-state index contributed by atoms with van der Waals surface area (Å²) in [4.78, 5) is 4.40. The fraction of sp³-hybridized carbons (Fsp3) is 0.312. The third kappa shape index (κ3) is 4.16. The quantitative estimate of drug-likeness (QED) is 0.846. The number of ether oxygens (including phenoxy) is 1. The monoisotopic (exact) mass is 271 g/mol. The third-order valence-corrected chi connectivity index (χ3v) is 2.76. The zero-order valence-electron chi connectivity index (χ0n) is 12.0. The number of hydrogen-bond acceptors (Lipinski definition) is 4. The number of rotatable bonds is 6. The van der Waals surface area contributed by atoms with Crippen LogP contribution >= 0.6 is 0 Å². The summed E-state index contributed by atoms with van der Waals surface area (Å²) in [5, 5.41) is 3.27. The summed E-state index contributed by atoms with van der Waals surface area (Å²) >= 11 is 0. The summed E-state index contributed by atoms with van der Waals surface area (Å²) in [7, 11) is 0. The molecule has 20 heavy (non-hydrogen) atoms. The van der Waals surface area contributed by atoms with Crippen molar-refractivity contribution in [3.8, 4) is 5.88 Å². The van der Waals surface area contributed by atoms with E-state index in [2.05, 4.69) is 36.3 Å². The summed E-state index contributed by atoms with van der Waals surface area (Å²) in [5.41, 5.74) is 7.64. The first-order chi connectivity index (χ1) is 9.65. The Bertz CT molecular complexity index is 541. The molecule has 0 spiro atoms. The molecule has 1 heterocycles. The van der Waals surface area contributed by atoms with Crippen LogP contribution in [0.4, 0.5) is 11.5 Å². The second-order valence-corrected chi connectivity index (χ2v) is 5.13. The first kappa shape index (κ1) is 14.2. The molecule has 0 saturated heterocycles. The van der Waals surface area contributed by atoms with E-state index in [1.54, 1.807) is 0 Å². The van der Waals surface area contributed by atoms with Crippen molar-refractivity contribution in [2.75, 3.05) is 17.7 Å². The Hall–Kier alpha value is -2.23. The maximum absolute atomic E-state index is 5.87. The van der Waals surface area contributed by atoms with Crippen LogP contribution in [0.5, 0.6) is 5.88 Å². The van der Waals surface area contributed by atoms with E-state index in [9.17, 15) is 0 Å². The van der Waals surface area contributed by atoms with Gasteiger partial charge in [0, 0.05) is 6.54 Å². The fourth-order valence-corrected chi connectivity index (χ4v) is 1.70. The number of nitrogens with zero attached hydrogens (tertiary/aromatic N) is 1. The molecule has 0 aliphatic rings. The van der Waals surface area contributed by atoms with Crippen molar-refractivity contribution in [3.05, 3.63) is 48.0 Å². The highest BCUT2D eigenvalue weighted by Gasteiger charge is 2.05. The molecule has 106 valence electrons. The number of aromatic nitrogens is 1. The second-order valence-electron chi connectivity index (χ2n) is 5.13. The molecule has 0 radical (unpaired) electrons. The van der Waals surface area contributed by atoms with E-state index in [0.29, 0.717) is 24.1 Å². The number of nitrogens with one attached hydrogen (secondary N) is 1. The number of nitrogen functional groups attached to an aromatic ring is 1. The molecule has 1 aromatic carbocycles. The van der Waals surface area contributed by atoms with Crippen molar-refractivity contribution in [2.45, 2.75) is 20.4 Å². The maximum atomic E-state index is 5.87. The minimum atomic E-state index is 0.442. The van der Waals surface area contributed by atoms with Crippen molar-refractivity contribution in [1.82, 2.24) is 4.98 Å². The van der Waals surface area contributed by atoms with Crippen LogP contribution < -0.4 is 15.8 Å². The van der Waals surface area contributed by atoms with Crippen LogP contribution in [0.3, 0.4) is 0 Å². The zero-order chi connectivity index (χ0) is 14.4. The van der Waals surface area contributed by atoms with E-state index >= 15 is 0 Å². The van der Waals surface area contributed by atoms with Crippen LogP contribution in [0.15, 0.2) is 42.5 Å². The van der Waals surface area contributed by atoms with Gasteiger partial charge in [0.1, 0.15) is 5.82 Å². The van der Waals surface area contributed by atoms with E-state index in [0.717, 1.165) is 12.4 Å². The zero-order valence-corrected chi connectivity index (χ0v) is 12.0. The molecule has 0 saturated carbocycles. The highest BCUT2D eigenvalue weighted by atomic mass is 16.5. The number of anilines is 2. The number of benzene rings is 1. The second kappa shape index (κ2) is 6.80. The molecule has 0 atom stereocenters. The lowest BCUT2D eigenvalue weighted by Crippen LogP contribution is -2.09. The van der Waals surface area contributed by atoms with Gasteiger partial charge >= 0.3 is 0 Å². The standard InChI is InChI=1S/C16H21N3O/c1-12(2)11-20-16-14(17)8-9-15(19-16)18-10-13-6-4-3-5-7-13/h3-9,12H,10-11,17H2,1-2H3,(H,18,19). The molecule has 0 unspecified atom stereocenters. The Morgan fingerprint density at radius 3 is 2.60 bits per heavy atom. The Morgan fingerprint density at radius 2 is 1.90 bits per heavy atom. The molecule has 3 N–H and O–H groups in total. The van der Waals surface area contributed by atoms with Crippen LogP contribution in [-0.4, -0.2) is 11.6 Å². The van der Waals surface area contributed by atoms with Crippen molar-refractivity contribution in [3.63, 3.8) is 0 Å². The van der Waals surface area contributed by atoms with Crippen LogP contribution in [0.2, 0.25) is 0 Å². The van der Waals surface area contributed by atoms with Gasteiger partial charge in [-0.1, -0.05) is 44.2 Å². The Labute approximate surface area is 120 Å². The maximum Gasteiger partial charge on any atom is 0.239 e. The summed E-state index contributed by atoms with van der Waals surface area (Å²) in [5.74, 6) is 1.70. The van der Waals surface area contributed by atoms with E-state index in [4.69, 9.17) is 10.5 Å². The Morgan fingerprint density at radius 1 is 1.15 bits per heavy atom. The first-order valence-corrected chi connectivity index (χ1v) is 6.82. The highest BCUT2D eigenvalue weighted by Crippen LogP contribution is 2.21. The van der Waals surface area contributed by atoms with Crippen molar-refractivity contribution >= 4 is 11.5 Å². The summed E-state index contributed by atoms with van der Waals surface area (Å²) in [6, 6.07) is 13.9. The minimum Gasteiger partial charge on any atom is -0.476 e. The van der Waals surface area contributed by atoms with E-state index in [1.807, 2.05) is 30.3 Å². The Balaban J connectivity index is 2.00. The molecule has 1 aromatic heterocycles. The molecule has 0 aliphatic heterocycles. The molecule has 4 heteroatoms. The van der Waals surface area contributed by atoms with Gasteiger partial charge in [0.25, 0.3) is 0 Å². The number of nitrogens with two attached hydrogens (primary N) is 1. The van der Waals surface area contributed by atoms with Gasteiger partial charge in [-0.2, -0.15) is 4.98 Å². The van der Waals surface area contributed by atoms with Crippen molar-refractivity contribution in [1.29, 1.82) is 0 Å². The lowest BCUT2D eigenvalue weighted by molar-refractivity contribution is 0.263. The largest absolute Gasteiger partial charge is 0.476 e. The average Bonchev–Trinajstić information content (AvgIpc) is 2.46. The van der Waals surface area contributed by atoms with Crippen LogP contribution in [0.1, 0.15) is 19.4 Å². The third-order valence-electron chi connectivity index (χ3n) is 2.76.